The first-order valence-electron chi connectivity index (χ1n) is 5.81. The van der Waals surface area contributed by atoms with E-state index in [1.807, 2.05) is 51.1 Å². The van der Waals surface area contributed by atoms with Crippen LogP contribution in [0.4, 0.5) is 0 Å². The fraction of sp³-hybridized carbons (Fsp3) is 0.200. The van der Waals surface area contributed by atoms with Gasteiger partial charge in [-0.3, -0.25) is 0 Å². The van der Waals surface area contributed by atoms with Gasteiger partial charge in [0, 0.05) is 0 Å². The van der Waals surface area contributed by atoms with Crippen LogP contribution >= 0.6 is 0 Å². The Morgan fingerprint density at radius 2 is 1.28 bits per heavy atom. The second-order valence-electron chi connectivity index (χ2n) is 4.54. The fourth-order valence-electron chi connectivity index (χ4n) is 2.06. The van der Waals surface area contributed by atoms with Crippen LogP contribution in [0.2, 0.25) is 0 Å². The van der Waals surface area contributed by atoms with Crippen LogP contribution in [0.25, 0.3) is 0 Å². The second kappa shape index (κ2) is 4.58. The largest absolute Gasteiger partial charge is 0.218 e. The fourth-order valence-corrected chi connectivity index (χ4v) is 3.77. The summed E-state index contributed by atoms with van der Waals surface area (Å²) in [5.41, 5.74) is 2.63. The van der Waals surface area contributed by atoms with Crippen LogP contribution in [-0.4, -0.2) is 8.42 Å². The molecule has 0 aliphatic carbocycles. The van der Waals surface area contributed by atoms with Crippen molar-refractivity contribution in [2.45, 2.75) is 30.6 Å². The Hall–Kier alpha value is -1.61. The molecular formula is C15H16O2S. The van der Waals surface area contributed by atoms with E-state index in [2.05, 4.69) is 0 Å². The molecule has 94 valence electrons. The van der Waals surface area contributed by atoms with Crippen molar-refractivity contribution in [1.29, 1.82) is 0 Å². The monoisotopic (exact) mass is 260 g/mol. The lowest BCUT2D eigenvalue weighted by molar-refractivity contribution is 0.595. The third-order valence-electron chi connectivity index (χ3n) is 3.01. The molecule has 2 aromatic rings. The third-order valence-corrected chi connectivity index (χ3v) is 5.08. The van der Waals surface area contributed by atoms with Crippen molar-refractivity contribution in [3.05, 3.63) is 59.2 Å². The van der Waals surface area contributed by atoms with Crippen molar-refractivity contribution in [1.82, 2.24) is 0 Å². The van der Waals surface area contributed by atoms with Gasteiger partial charge in [-0.15, -0.1) is 0 Å². The van der Waals surface area contributed by atoms with Crippen molar-refractivity contribution in [2.75, 3.05) is 0 Å². The lowest BCUT2D eigenvalue weighted by Crippen LogP contribution is -2.06. The van der Waals surface area contributed by atoms with Crippen LogP contribution in [0.5, 0.6) is 0 Å². The highest BCUT2D eigenvalue weighted by Gasteiger charge is 2.21. The third kappa shape index (κ3) is 2.18. The highest BCUT2D eigenvalue weighted by atomic mass is 32.2. The van der Waals surface area contributed by atoms with Gasteiger partial charge in [-0.2, -0.15) is 0 Å². The molecule has 0 saturated heterocycles. The van der Waals surface area contributed by atoms with Gasteiger partial charge in [-0.1, -0.05) is 35.9 Å². The van der Waals surface area contributed by atoms with Crippen LogP contribution < -0.4 is 0 Å². The van der Waals surface area contributed by atoms with Crippen molar-refractivity contribution in [3.8, 4) is 0 Å². The minimum atomic E-state index is -3.42. The van der Waals surface area contributed by atoms with E-state index < -0.39 is 9.84 Å². The molecule has 2 nitrogen and oxygen atoms in total. The van der Waals surface area contributed by atoms with Crippen LogP contribution in [-0.2, 0) is 9.84 Å². The molecule has 18 heavy (non-hydrogen) atoms. The summed E-state index contributed by atoms with van der Waals surface area (Å²) in [7, 11) is -3.42. The van der Waals surface area contributed by atoms with Gasteiger partial charge in [-0.25, -0.2) is 8.42 Å². The molecule has 0 fully saturated rings. The molecule has 0 atom stereocenters. The molecule has 0 aliphatic heterocycles. The summed E-state index contributed by atoms with van der Waals surface area (Å²) < 4.78 is 25.2. The Morgan fingerprint density at radius 3 is 1.78 bits per heavy atom. The van der Waals surface area contributed by atoms with E-state index in [9.17, 15) is 8.42 Å². The molecule has 2 aromatic carbocycles. The lowest BCUT2D eigenvalue weighted by atomic mass is 10.2. The number of benzene rings is 2. The van der Waals surface area contributed by atoms with Gasteiger partial charge < -0.3 is 0 Å². The minimum absolute atomic E-state index is 0.352. The van der Waals surface area contributed by atoms with Crippen molar-refractivity contribution < 1.29 is 8.42 Å². The maximum Gasteiger partial charge on any atom is 0.207 e. The topological polar surface area (TPSA) is 34.1 Å². The molecule has 0 radical (unpaired) electrons. The van der Waals surface area contributed by atoms with Gasteiger partial charge in [-0.05, 0) is 44.0 Å². The molecule has 0 spiro atoms. The Kier molecular flexibility index (Phi) is 3.26. The van der Waals surface area contributed by atoms with E-state index in [-0.39, 0.29) is 0 Å². The zero-order valence-corrected chi connectivity index (χ0v) is 11.6. The van der Waals surface area contributed by atoms with Crippen LogP contribution in [0.15, 0.2) is 52.3 Å². The molecule has 0 unspecified atom stereocenters. The van der Waals surface area contributed by atoms with Crippen molar-refractivity contribution in [3.63, 3.8) is 0 Å². The van der Waals surface area contributed by atoms with Gasteiger partial charge in [0.15, 0.2) is 0 Å². The molecule has 0 heterocycles. The van der Waals surface area contributed by atoms with E-state index in [4.69, 9.17) is 0 Å². The van der Waals surface area contributed by atoms with E-state index in [1.54, 1.807) is 12.1 Å². The summed E-state index contributed by atoms with van der Waals surface area (Å²) in [6, 6.07) is 12.5. The highest BCUT2D eigenvalue weighted by molar-refractivity contribution is 7.91. The Balaban J connectivity index is 2.66. The van der Waals surface area contributed by atoms with Gasteiger partial charge >= 0.3 is 0 Å². The molecule has 0 saturated carbocycles. The predicted molar refractivity (Wildman–Crippen MR) is 72.5 cm³/mol. The summed E-state index contributed by atoms with van der Waals surface area (Å²) >= 11 is 0. The number of aryl methyl sites for hydroxylation is 3. The highest BCUT2D eigenvalue weighted by Crippen LogP contribution is 2.26. The van der Waals surface area contributed by atoms with E-state index in [1.165, 1.54) is 0 Å². The Bertz CT molecular complexity index is 648. The molecule has 0 aliphatic rings. The summed E-state index contributed by atoms with van der Waals surface area (Å²) in [6.07, 6.45) is 0. The number of rotatable bonds is 2. The smallest absolute Gasteiger partial charge is 0.207 e. The van der Waals surface area contributed by atoms with E-state index in [0.717, 1.165) is 16.7 Å². The number of hydrogen-bond acceptors (Lipinski definition) is 2. The molecule has 0 N–H and O–H groups in total. The number of sulfone groups is 1. The molecule has 0 aromatic heterocycles. The quantitative estimate of drug-likeness (QED) is 0.829. The SMILES string of the molecule is Cc1ccc(S(=O)(=O)c2c(C)cccc2C)cc1. The summed E-state index contributed by atoms with van der Waals surface area (Å²) in [6.45, 7) is 5.59. The van der Waals surface area contributed by atoms with E-state index >= 15 is 0 Å². The second-order valence-corrected chi connectivity index (χ2v) is 6.42. The van der Waals surface area contributed by atoms with Gasteiger partial charge in [0.1, 0.15) is 0 Å². The summed E-state index contributed by atoms with van der Waals surface area (Å²) in [4.78, 5) is 0.777. The first kappa shape index (κ1) is 12.8. The zero-order valence-electron chi connectivity index (χ0n) is 10.8. The average molecular weight is 260 g/mol. The average Bonchev–Trinajstić information content (AvgIpc) is 2.29. The zero-order chi connectivity index (χ0) is 13.3. The predicted octanol–water partition coefficient (Wildman–Crippen LogP) is 3.44. The van der Waals surface area contributed by atoms with Crippen LogP contribution in [0.3, 0.4) is 0 Å². The van der Waals surface area contributed by atoms with Gasteiger partial charge in [0.05, 0.1) is 9.79 Å². The standard InChI is InChI=1S/C15H16O2S/c1-11-7-9-14(10-8-11)18(16,17)15-12(2)5-4-6-13(15)3/h4-10H,1-3H3. The normalized spacial score (nSPS) is 11.5. The molecule has 0 bridgehead atoms. The maximum absolute atomic E-state index is 12.6. The summed E-state index contributed by atoms with van der Waals surface area (Å²) in [5, 5.41) is 0. The van der Waals surface area contributed by atoms with Gasteiger partial charge in [0.2, 0.25) is 9.84 Å². The minimum Gasteiger partial charge on any atom is -0.218 e. The lowest BCUT2D eigenvalue weighted by Gasteiger charge is -2.11. The molecule has 3 heteroatoms. The Labute approximate surface area is 108 Å². The van der Waals surface area contributed by atoms with E-state index in [0.29, 0.717) is 9.79 Å². The molecular weight excluding hydrogens is 244 g/mol. The number of hydrogen-bond donors (Lipinski definition) is 0. The van der Waals surface area contributed by atoms with Crippen molar-refractivity contribution in [2.24, 2.45) is 0 Å². The molecule has 0 amide bonds. The van der Waals surface area contributed by atoms with Gasteiger partial charge in [0.25, 0.3) is 0 Å². The first-order chi connectivity index (χ1) is 8.43. The van der Waals surface area contributed by atoms with Crippen LogP contribution in [0, 0.1) is 20.8 Å². The Morgan fingerprint density at radius 1 is 0.778 bits per heavy atom. The maximum atomic E-state index is 12.6. The summed E-state index contributed by atoms with van der Waals surface area (Å²) in [5.74, 6) is 0. The first-order valence-corrected chi connectivity index (χ1v) is 7.29. The molecule has 2 rings (SSSR count). The van der Waals surface area contributed by atoms with Crippen molar-refractivity contribution >= 4 is 9.84 Å². The van der Waals surface area contributed by atoms with Crippen LogP contribution in [0.1, 0.15) is 16.7 Å².